The van der Waals surface area contributed by atoms with E-state index in [-0.39, 0.29) is 6.01 Å². The standard InChI is InChI=1S/C14H11ClN4O/c15-11-7-4-8-12(16)13(11)20-14-17-9-19(18-14)10-5-2-1-3-6-10/h1-9H,16H2. The van der Waals surface area contributed by atoms with Crippen LogP contribution in [0.25, 0.3) is 5.69 Å². The highest BCUT2D eigenvalue weighted by Crippen LogP contribution is 2.33. The van der Waals surface area contributed by atoms with Crippen LogP contribution < -0.4 is 10.5 Å². The summed E-state index contributed by atoms with van der Waals surface area (Å²) in [6, 6.07) is 14.9. The van der Waals surface area contributed by atoms with Crippen molar-refractivity contribution < 1.29 is 4.74 Å². The van der Waals surface area contributed by atoms with Crippen LogP contribution in [-0.2, 0) is 0 Å². The molecule has 0 unspecified atom stereocenters. The van der Waals surface area contributed by atoms with Gasteiger partial charge in [-0.1, -0.05) is 35.9 Å². The molecule has 1 heterocycles. The van der Waals surface area contributed by atoms with Crippen LogP contribution in [0.4, 0.5) is 5.69 Å². The molecule has 100 valence electrons. The SMILES string of the molecule is Nc1cccc(Cl)c1Oc1ncn(-c2ccccc2)n1. The Morgan fingerprint density at radius 3 is 2.60 bits per heavy atom. The fourth-order valence-electron chi connectivity index (χ4n) is 1.72. The van der Waals surface area contributed by atoms with Gasteiger partial charge in [-0.05, 0) is 24.3 Å². The van der Waals surface area contributed by atoms with E-state index in [0.29, 0.717) is 16.5 Å². The normalized spacial score (nSPS) is 10.4. The van der Waals surface area contributed by atoms with E-state index >= 15 is 0 Å². The third-order valence-electron chi connectivity index (χ3n) is 2.68. The molecular weight excluding hydrogens is 276 g/mol. The van der Waals surface area contributed by atoms with E-state index in [9.17, 15) is 0 Å². The lowest BCUT2D eigenvalue weighted by molar-refractivity contribution is 0.444. The summed E-state index contributed by atoms with van der Waals surface area (Å²) >= 11 is 6.04. The van der Waals surface area contributed by atoms with E-state index in [1.165, 1.54) is 0 Å². The number of nitrogens with two attached hydrogens (primary N) is 1. The van der Waals surface area contributed by atoms with E-state index in [1.54, 1.807) is 29.2 Å². The van der Waals surface area contributed by atoms with Gasteiger partial charge in [-0.3, -0.25) is 0 Å². The number of anilines is 1. The monoisotopic (exact) mass is 286 g/mol. The smallest absolute Gasteiger partial charge is 0.341 e. The van der Waals surface area contributed by atoms with Crippen molar-refractivity contribution >= 4 is 17.3 Å². The number of para-hydroxylation sites is 2. The summed E-state index contributed by atoms with van der Waals surface area (Å²) in [5.74, 6) is 0.361. The molecule has 0 aliphatic heterocycles. The molecule has 0 amide bonds. The molecule has 0 fully saturated rings. The number of nitrogens with zero attached hydrogens (tertiary/aromatic N) is 3. The molecule has 0 bridgehead atoms. The molecule has 0 saturated carbocycles. The van der Waals surface area contributed by atoms with Crippen LogP contribution in [0.2, 0.25) is 5.02 Å². The van der Waals surface area contributed by atoms with Gasteiger partial charge in [0.15, 0.2) is 5.75 Å². The second kappa shape index (κ2) is 5.22. The lowest BCUT2D eigenvalue weighted by Crippen LogP contribution is -1.96. The molecule has 2 N–H and O–H groups in total. The number of hydrogen-bond donors (Lipinski definition) is 1. The Kier molecular flexibility index (Phi) is 3.26. The Balaban J connectivity index is 1.88. The summed E-state index contributed by atoms with van der Waals surface area (Å²) in [7, 11) is 0. The highest BCUT2D eigenvalue weighted by atomic mass is 35.5. The lowest BCUT2D eigenvalue weighted by Gasteiger charge is -2.06. The van der Waals surface area contributed by atoms with Gasteiger partial charge < -0.3 is 10.5 Å². The second-order valence-corrected chi connectivity index (χ2v) is 4.47. The van der Waals surface area contributed by atoms with Gasteiger partial charge >= 0.3 is 6.01 Å². The number of ether oxygens (including phenoxy) is 1. The summed E-state index contributed by atoms with van der Waals surface area (Å²) in [6.07, 6.45) is 1.57. The summed E-state index contributed by atoms with van der Waals surface area (Å²) in [5.41, 5.74) is 7.14. The van der Waals surface area contributed by atoms with Crippen LogP contribution in [0.3, 0.4) is 0 Å². The number of aromatic nitrogens is 3. The largest absolute Gasteiger partial charge is 0.419 e. The van der Waals surface area contributed by atoms with Crippen LogP contribution in [0.5, 0.6) is 11.8 Å². The zero-order chi connectivity index (χ0) is 13.9. The highest BCUT2D eigenvalue weighted by molar-refractivity contribution is 6.32. The Morgan fingerprint density at radius 2 is 1.85 bits per heavy atom. The van der Waals surface area contributed by atoms with Crippen molar-refractivity contribution in [1.29, 1.82) is 0 Å². The fourth-order valence-corrected chi connectivity index (χ4v) is 1.94. The molecule has 0 aliphatic rings. The number of nitrogen functional groups attached to an aromatic ring is 1. The predicted octanol–water partition coefficient (Wildman–Crippen LogP) is 3.30. The average molecular weight is 287 g/mol. The van der Waals surface area contributed by atoms with E-state index in [1.807, 2.05) is 30.3 Å². The first-order chi connectivity index (χ1) is 9.74. The van der Waals surface area contributed by atoms with Crippen molar-refractivity contribution in [2.24, 2.45) is 0 Å². The molecule has 1 aromatic heterocycles. The highest BCUT2D eigenvalue weighted by Gasteiger charge is 2.10. The molecule has 5 nitrogen and oxygen atoms in total. The molecule has 0 aliphatic carbocycles. The zero-order valence-corrected chi connectivity index (χ0v) is 11.2. The first kappa shape index (κ1) is 12.5. The summed E-state index contributed by atoms with van der Waals surface area (Å²) in [5, 5.41) is 4.64. The van der Waals surface area contributed by atoms with Crippen molar-refractivity contribution in [1.82, 2.24) is 14.8 Å². The van der Waals surface area contributed by atoms with Gasteiger partial charge in [-0.2, -0.15) is 4.98 Å². The van der Waals surface area contributed by atoms with Crippen molar-refractivity contribution in [2.45, 2.75) is 0 Å². The molecule has 3 rings (SSSR count). The average Bonchev–Trinajstić information content (AvgIpc) is 2.93. The van der Waals surface area contributed by atoms with Gasteiger partial charge in [0.25, 0.3) is 0 Å². The van der Waals surface area contributed by atoms with Gasteiger partial charge in [0.05, 0.1) is 16.4 Å². The third-order valence-corrected chi connectivity index (χ3v) is 2.98. The fraction of sp³-hybridized carbons (Fsp3) is 0. The lowest BCUT2D eigenvalue weighted by atomic mass is 10.3. The second-order valence-electron chi connectivity index (χ2n) is 4.07. The third kappa shape index (κ3) is 2.44. The Labute approximate surface area is 120 Å². The topological polar surface area (TPSA) is 66.0 Å². The maximum Gasteiger partial charge on any atom is 0.341 e. The van der Waals surface area contributed by atoms with Crippen molar-refractivity contribution in [3.63, 3.8) is 0 Å². The predicted molar refractivity (Wildman–Crippen MR) is 77.3 cm³/mol. The number of benzene rings is 2. The van der Waals surface area contributed by atoms with E-state index < -0.39 is 0 Å². The minimum atomic E-state index is 0.189. The van der Waals surface area contributed by atoms with Crippen LogP contribution in [0, 0.1) is 0 Å². The zero-order valence-electron chi connectivity index (χ0n) is 10.4. The van der Waals surface area contributed by atoms with Crippen molar-refractivity contribution in [3.8, 4) is 17.4 Å². The Morgan fingerprint density at radius 1 is 1.05 bits per heavy atom. The minimum Gasteiger partial charge on any atom is -0.419 e. The van der Waals surface area contributed by atoms with Crippen LogP contribution >= 0.6 is 11.6 Å². The van der Waals surface area contributed by atoms with Gasteiger partial charge in [-0.15, -0.1) is 5.10 Å². The molecule has 2 aromatic carbocycles. The summed E-state index contributed by atoms with van der Waals surface area (Å²) in [4.78, 5) is 4.09. The van der Waals surface area contributed by atoms with Crippen LogP contribution in [-0.4, -0.2) is 14.8 Å². The molecule has 0 atom stereocenters. The number of halogens is 1. The summed E-state index contributed by atoms with van der Waals surface area (Å²) in [6.45, 7) is 0. The summed E-state index contributed by atoms with van der Waals surface area (Å²) < 4.78 is 7.16. The minimum absolute atomic E-state index is 0.189. The molecule has 3 aromatic rings. The quantitative estimate of drug-likeness (QED) is 0.750. The van der Waals surface area contributed by atoms with Crippen LogP contribution in [0.15, 0.2) is 54.9 Å². The van der Waals surface area contributed by atoms with Crippen LogP contribution in [0.1, 0.15) is 0 Å². The molecular formula is C14H11ClN4O. The molecule has 0 spiro atoms. The molecule has 20 heavy (non-hydrogen) atoms. The van der Waals surface area contributed by atoms with Crippen molar-refractivity contribution in [2.75, 3.05) is 5.73 Å². The van der Waals surface area contributed by atoms with E-state index in [4.69, 9.17) is 22.1 Å². The number of hydrogen-bond acceptors (Lipinski definition) is 4. The maximum absolute atomic E-state index is 6.04. The molecule has 6 heteroatoms. The number of rotatable bonds is 3. The first-order valence-corrected chi connectivity index (χ1v) is 6.31. The maximum atomic E-state index is 6.04. The van der Waals surface area contributed by atoms with E-state index in [0.717, 1.165) is 5.69 Å². The van der Waals surface area contributed by atoms with Crippen molar-refractivity contribution in [3.05, 3.63) is 59.9 Å². The van der Waals surface area contributed by atoms with Gasteiger partial charge in [-0.25, -0.2) is 4.68 Å². The Hall–Kier alpha value is -2.53. The van der Waals surface area contributed by atoms with E-state index in [2.05, 4.69) is 10.1 Å². The Bertz CT molecular complexity index is 707. The molecule has 0 saturated heterocycles. The first-order valence-electron chi connectivity index (χ1n) is 5.93. The van der Waals surface area contributed by atoms with Gasteiger partial charge in [0.2, 0.25) is 0 Å². The van der Waals surface area contributed by atoms with Gasteiger partial charge in [0, 0.05) is 0 Å². The van der Waals surface area contributed by atoms with Gasteiger partial charge in [0.1, 0.15) is 6.33 Å². The molecule has 0 radical (unpaired) electrons.